The molecular formula is C18H17N3O2S. The number of carbonyl (C=O) groups is 1. The molecule has 6 heteroatoms. The highest BCUT2D eigenvalue weighted by Gasteiger charge is 2.40. The fraction of sp³-hybridized carbons (Fsp3) is 0.222. The van der Waals surface area contributed by atoms with Crippen LogP contribution in [0.3, 0.4) is 0 Å². The monoisotopic (exact) mass is 339 g/mol. The van der Waals surface area contributed by atoms with Gasteiger partial charge in [-0.2, -0.15) is 0 Å². The molecule has 1 saturated carbocycles. The maximum absolute atomic E-state index is 12.5. The van der Waals surface area contributed by atoms with Crippen molar-refractivity contribution in [1.29, 1.82) is 0 Å². The van der Waals surface area contributed by atoms with Gasteiger partial charge in [-0.3, -0.25) is 9.78 Å². The van der Waals surface area contributed by atoms with Gasteiger partial charge in [0.15, 0.2) is 0 Å². The molecule has 2 heterocycles. The average Bonchev–Trinajstić information content (AvgIpc) is 3.30. The molecule has 0 bridgehead atoms. The molecule has 1 amide bonds. The first-order valence-corrected chi connectivity index (χ1v) is 8.56. The van der Waals surface area contributed by atoms with Crippen LogP contribution in [0.4, 0.5) is 5.69 Å². The third kappa shape index (κ3) is 2.59. The van der Waals surface area contributed by atoms with E-state index in [-0.39, 0.29) is 11.9 Å². The molecule has 2 unspecified atom stereocenters. The minimum absolute atomic E-state index is 0.102. The largest absolute Gasteiger partial charge is 0.497 e. The van der Waals surface area contributed by atoms with Crippen molar-refractivity contribution < 1.29 is 9.53 Å². The van der Waals surface area contributed by atoms with Gasteiger partial charge in [-0.1, -0.05) is 12.1 Å². The lowest BCUT2D eigenvalue weighted by molar-refractivity contribution is 0.0955. The van der Waals surface area contributed by atoms with Crippen LogP contribution >= 0.6 is 11.3 Å². The number of pyridine rings is 1. The van der Waals surface area contributed by atoms with Gasteiger partial charge in [0.2, 0.25) is 0 Å². The predicted octanol–water partition coefficient (Wildman–Crippen LogP) is 3.17. The van der Waals surface area contributed by atoms with Crippen molar-refractivity contribution in [2.75, 3.05) is 12.8 Å². The van der Waals surface area contributed by atoms with E-state index in [2.05, 4.69) is 22.4 Å². The molecule has 1 aliphatic rings. The van der Waals surface area contributed by atoms with E-state index in [9.17, 15) is 4.79 Å². The van der Waals surface area contributed by atoms with E-state index < -0.39 is 0 Å². The standard InChI is InChI=1S/C18H17N3O2S/c1-23-11-4-2-10(3-5-11)13-8-14(13)21-18(22)17-16(19)12-6-7-20-9-15(12)24-17/h2-7,9,13-14H,8,19H2,1H3,(H,21,22). The number of anilines is 1. The van der Waals surface area contributed by atoms with Gasteiger partial charge in [0.1, 0.15) is 10.6 Å². The van der Waals surface area contributed by atoms with Crippen LogP contribution in [0.5, 0.6) is 5.75 Å². The molecule has 0 saturated heterocycles. The average molecular weight is 339 g/mol. The summed E-state index contributed by atoms with van der Waals surface area (Å²) in [6.45, 7) is 0. The number of rotatable bonds is 4. The first-order chi connectivity index (χ1) is 11.7. The van der Waals surface area contributed by atoms with E-state index in [0.717, 1.165) is 22.3 Å². The molecule has 1 aromatic carbocycles. The summed E-state index contributed by atoms with van der Waals surface area (Å²) in [5.41, 5.74) is 7.88. The molecule has 4 rings (SSSR count). The van der Waals surface area contributed by atoms with Crippen LogP contribution in [0.15, 0.2) is 42.7 Å². The van der Waals surface area contributed by atoms with Crippen molar-refractivity contribution in [2.45, 2.75) is 18.4 Å². The summed E-state index contributed by atoms with van der Waals surface area (Å²) < 4.78 is 6.11. The third-order valence-electron chi connectivity index (χ3n) is 4.39. The number of amides is 1. The molecule has 2 atom stereocenters. The number of nitrogens with zero attached hydrogens (tertiary/aromatic N) is 1. The maximum Gasteiger partial charge on any atom is 0.263 e. The molecule has 1 fully saturated rings. The molecule has 3 aromatic rings. The second kappa shape index (κ2) is 5.79. The summed E-state index contributed by atoms with van der Waals surface area (Å²) >= 11 is 1.39. The fourth-order valence-electron chi connectivity index (χ4n) is 2.95. The highest BCUT2D eigenvalue weighted by Crippen LogP contribution is 2.42. The lowest BCUT2D eigenvalue weighted by Gasteiger charge is -2.05. The van der Waals surface area contributed by atoms with E-state index in [0.29, 0.717) is 16.5 Å². The lowest BCUT2D eigenvalue weighted by Crippen LogP contribution is -2.26. The van der Waals surface area contributed by atoms with Gasteiger partial charge in [0.05, 0.1) is 17.5 Å². The Labute approximate surface area is 143 Å². The van der Waals surface area contributed by atoms with Gasteiger partial charge in [-0.15, -0.1) is 11.3 Å². The van der Waals surface area contributed by atoms with E-state index in [1.807, 2.05) is 18.2 Å². The quantitative estimate of drug-likeness (QED) is 0.765. The molecule has 0 aliphatic heterocycles. The van der Waals surface area contributed by atoms with Crippen LogP contribution in [0.2, 0.25) is 0 Å². The molecule has 1 aliphatic carbocycles. The number of fused-ring (bicyclic) bond motifs is 1. The number of nitrogen functional groups attached to an aromatic ring is 1. The summed E-state index contributed by atoms with van der Waals surface area (Å²) in [5, 5.41) is 3.98. The van der Waals surface area contributed by atoms with Gasteiger partial charge < -0.3 is 15.8 Å². The van der Waals surface area contributed by atoms with Crippen molar-refractivity contribution in [3.8, 4) is 5.75 Å². The van der Waals surface area contributed by atoms with E-state index in [1.165, 1.54) is 16.9 Å². The zero-order chi connectivity index (χ0) is 16.7. The first kappa shape index (κ1) is 15.0. The Morgan fingerprint density at radius 1 is 1.33 bits per heavy atom. The van der Waals surface area contributed by atoms with Crippen molar-refractivity contribution in [3.05, 3.63) is 53.2 Å². The van der Waals surface area contributed by atoms with Gasteiger partial charge in [-0.25, -0.2) is 0 Å². The van der Waals surface area contributed by atoms with Crippen molar-refractivity contribution in [2.24, 2.45) is 0 Å². The number of carbonyl (C=O) groups excluding carboxylic acids is 1. The van der Waals surface area contributed by atoms with Crippen LogP contribution < -0.4 is 15.8 Å². The lowest BCUT2D eigenvalue weighted by atomic mass is 10.1. The molecule has 0 spiro atoms. The van der Waals surface area contributed by atoms with Crippen LogP contribution in [0.1, 0.15) is 27.6 Å². The predicted molar refractivity (Wildman–Crippen MR) is 95.6 cm³/mol. The summed E-state index contributed by atoms with van der Waals surface area (Å²) in [5.74, 6) is 1.10. The van der Waals surface area contributed by atoms with E-state index in [4.69, 9.17) is 10.5 Å². The first-order valence-electron chi connectivity index (χ1n) is 7.74. The number of nitrogens with two attached hydrogens (primary N) is 1. The Bertz CT molecular complexity index is 904. The Kier molecular flexibility index (Phi) is 3.61. The molecule has 122 valence electrons. The number of ether oxygens (including phenoxy) is 1. The molecule has 5 nitrogen and oxygen atoms in total. The Morgan fingerprint density at radius 3 is 2.83 bits per heavy atom. The number of aromatic nitrogens is 1. The van der Waals surface area contributed by atoms with Crippen LogP contribution in [0, 0.1) is 0 Å². The number of benzene rings is 1. The number of hydrogen-bond donors (Lipinski definition) is 2. The zero-order valence-electron chi connectivity index (χ0n) is 13.2. The van der Waals surface area contributed by atoms with Gasteiger partial charge in [0.25, 0.3) is 5.91 Å². The summed E-state index contributed by atoms with van der Waals surface area (Å²) in [4.78, 5) is 17.2. The Balaban J connectivity index is 1.47. The molecular weight excluding hydrogens is 322 g/mol. The number of thiophene rings is 1. The smallest absolute Gasteiger partial charge is 0.263 e. The molecule has 3 N–H and O–H groups in total. The highest BCUT2D eigenvalue weighted by atomic mass is 32.1. The number of hydrogen-bond acceptors (Lipinski definition) is 5. The Hall–Kier alpha value is -2.60. The normalized spacial score (nSPS) is 19.2. The second-order valence-electron chi connectivity index (χ2n) is 5.91. The van der Waals surface area contributed by atoms with Gasteiger partial charge >= 0.3 is 0 Å². The summed E-state index contributed by atoms with van der Waals surface area (Å²) in [6.07, 6.45) is 4.38. The van der Waals surface area contributed by atoms with Crippen molar-refractivity contribution >= 4 is 33.0 Å². The minimum Gasteiger partial charge on any atom is -0.497 e. The van der Waals surface area contributed by atoms with Crippen LogP contribution in [-0.4, -0.2) is 24.0 Å². The highest BCUT2D eigenvalue weighted by molar-refractivity contribution is 7.21. The zero-order valence-corrected chi connectivity index (χ0v) is 14.0. The van der Waals surface area contributed by atoms with Crippen LogP contribution in [-0.2, 0) is 0 Å². The minimum atomic E-state index is -0.102. The number of methoxy groups -OCH3 is 1. The van der Waals surface area contributed by atoms with Crippen LogP contribution in [0.25, 0.3) is 10.1 Å². The van der Waals surface area contributed by atoms with Gasteiger partial charge in [-0.05, 0) is 30.2 Å². The fourth-order valence-corrected chi connectivity index (χ4v) is 3.94. The molecule has 2 aromatic heterocycles. The van der Waals surface area contributed by atoms with E-state index in [1.54, 1.807) is 19.5 Å². The summed E-state index contributed by atoms with van der Waals surface area (Å²) in [7, 11) is 1.65. The Morgan fingerprint density at radius 2 is 2.12 bits per heavy atom. The third-order valence-corrected chi connectivity index (χ3v) is 5.54. The van der Waals surface area contributed by atoms with Gasteiger partial charge in [0, 0.05) is 29.7 Å². The molecule has 24 heavy (non-hydrogen) atoms. The van der Waals surface area contributed by atoms with E-state index >= 15 is 0 Å². The molecule has 0 radical (unpaired) electrons. The maximum atomic E-state index is 12.5. The van der Waals surface area contributed by atoms with Crippen molar-refractivity contribution in [1.82, 2.24) is 10.3 Å². The SMILES string of the molecule is COc1ccc(C2CC2NC(=O)c2sc3cnccc3c2N)cc1. The summed E-state index contributed by atoms with van der Waals surface area (Å²) in [6, 6.07) is 10.0. The van der Waals surface area contributed by atoms with Crippen molar-refractivity contribution in [3.63, 3.8) is 0 Å². The second-order valence-corrected chi connectivity index (χ2v) is 6.96. The number of nitrogens with one attached hydrogen (secondary N) is 1. The topological polar surface area (TPSA) is 77.2 Å².